The van der Waals surface area contributed by atoms with Gasteiger partial charge < -0.3 is 5.73 Å². The van der Waals surface area contributed by atoms with Crippen molar-refractivity contribution in [2.24, 2.45) is 5.73 Å². The Morgan fingerprint density at radius 1 is 0.885 bits per heavy atom. The van der Waals surface area contributed by atoms with Crippen LogP contribution in [0.15, 0.2) is 12.7 Å². The molecule has 0 unspecified atom stereocenters. The molecule has 0 aliphatic rings. The fraction of sp³-hybridized carbons (Fsp3) is 0.778. The lowest BCUT2D eigenvalue weighted by Gasteiger charge is -2.37. The van der Waals surface area contributed by atoms with Crippen molar-refractivity contribution in [2.75, 3.05) is 6.54 Å². The minimum atomic E-state index is -7.99. The van der Waals surface area contributed by atoms with Crippen molar-refractivity contribution in [3.05, 3.63) is 12.7 Å². The van der Waals surface area contributed by atoms with Crippen LogP contribution >= 0.6 is 0 Å². The normalized spacial score (nSPS) is 14.7. The van der Waals surface area contributed by atoms with Gasteiger partial charge in [0.05, 0.1) is 0 Å². The molecule has 26 heavy (non-hydrogen) atoms. The van der Waals surface area contributed by atoms with Crippen LogP contribution in [0.2, 0.25) is 0 Å². The van der Waals surface area contributed by atoms with Crippen LogP contribution in [0.5, 0.6) is 0 Å². The Kier molecular flexibility index (Phi) is 8.09. The average molecular weight is 439 g/mol. The molecule has 0 rings (SSSR count). The highest BCUT2D eigenvalue weighted by molar-refractivity contribution is 7.87. The highest BCUT2D eigenvalue weighted by atomic mass is 32.2. The first kappa shape index (κ1) is 27.0. The van der Waals surface area contributed by atoms with Gasteiger partial charge in [0.1, 0.15) is 0 Å². The van der Waals surface area contributed by atoms with Gasteiger partial charge in [-0.15, -0.1) is 6.58 Å². The first-order chi connectivity index (χ1) is 11.1. The van der Waals surface area contributed by atoms with Crippen LogP contribution in [0.3, 0.4) is 0 Å². The van der Waals surface area contributed by atoms with E-state index in [1.165, 1.54) is 0 Å². The highest BCUT2D eigenvalue weighted by Crippen LogP contribution is 2.58. The van der Waals surface area contributed by atoms with Crippen LogP contribution < -0.4 is 5.73 Å². The minimum Gasteiger partial charge on any atom is -0.327 e. The van der Waals surface area contributed by atoms with Gasteiger partial charge in [0.15, 0.2) is 0 Å². The smallest absolute Gasteiger partial charge is 0.327 e. The van der Waals surface area contributed by atoms with Crippen LogP contribution in [0.1, 0.15) is 0 Å². The Labute approximate surface area is 137 Å². The summed E-state index contributed by atoms with van der Waals surface area (Å²) in [5, 5.41) is -7.38. The third kappa shape index (κ3) is 4.19. The third-order valence-corrected chi connectivity index (χ3v) is 3.24. The van der Waals surface area contributed by atoms with Crippen LogP contribution in [-0.2, 0) is 10.1 Å². The summed E-state index contributed by atoms with van der Waals surface area (Å²) in [7, 11) is -7.50. The second-order valence-corrected chi connectivity index (χ2v) is 5.63. The maximum Gasteiger partial charge on any atom is 0.438 e. The Bertz CT molecular complexity index is 589. The fourth-order valence-electron chi connectivity index (χ4n) is 0.888. The molecule has 0 saturated carbocycles. The molecule has 158 valence electrons. The summed E-state index contributed by atoms with van der Waals surface area (Å²) < 4.78 is 176. The number of hydrogen-bond donors (Lipinski definition) is 2. The molecule has 0 radical (unpaired) electrons. The molecule has 3 N–H and O–H groups in total. The van der Waals surface area contributed by atoms with E-state index < -0.39 is 45.5 Å². The number of rotatable bonds is 7. The van der Waals surface area contributed by atoms with E-state index in [0.717, 1.165) is 0 Å². The fourth-order valence-corrected chi connectivity index (χ4v) is 1.34. The van der Waals surface area contributed by atoms with E-state index in [4.69, 9.17) is 10.3 Å². The Morgan fingerprint density at radius 3 is 1.38 bits per heavy atom. The van der Waals surface area contributed by atoms with Gasteiger partial charge in [-0.3, -0.25) is 4.55 Å². The molecule has 17 heteroatoms. The van der Waals surface area contributed by atoms with Crippen molar-refractivity contribution in [1.82, 2.24) is 0 Å². The van der Waals surface area contributed by atoms with Crippen molar-refractivity contribution >= 4 is 10.1 Å². The van der Waals surface area contributed by atoms with Crippen molar-refractivity contribution in [2.45, 2.75) is 35.4 Å². The van der Waals surface area contributed by atoms with E-state index in [-0.39, 0.29) is 0 Å². The highest BCUT2D eigenvalue weighted by Gasteiger charge is 2.90. The SMILES string of the molecule is C=CCN.O=S(=O)(O)C(F)(F)C(F)(F)C(F)(F)C(F)(F)C(F)(F)C(F)F. The summed E-state index contributed by atoms with van der Waals surface area (Å²) in [6.45, 7) is 3.94. The monoisotopic (exact) mass is 439 g/mol. The molecular formula is C9H9F12NO3S. The number of alkyl halides is 12. The topological polar surface area (TPSA) is 80.4 Å². The van der Waals surface area contributed by atoms with E-state index in [9.17, 15) is 61.1 Å². The predicted molar refractivity (Wildman–Crippen MR) is 61.5 cm³/mol. The molecule has 0 heterocycles. The van der Waals surface area contributed by atoms with Crippen LogP contribution in [-0.4, -0.2) is 54.9 Å². The van der Waals surface area contributed by atoms with Gasteiger partial charge in [0.2, 0.25) is 0 Å². The summed E-state index contributed by atoms with van der Waals surface area (Å²) in [4.78, 5) is 0. The van der Waals surface area contributed by atoms with Gasteiger partial charge in [-0.1, -0.05) is 6.08 Å². The molecule has 0 atom stereocenters. The zero-order valence-corrected chi connectivity index (χ0v) is 12.7. The second kappa shape index (κ2) is 7.79. The van der Waals surface area contributed by atoms with Gasteiger partial charge >= 0.3 is 45.5 Å². The van der Waals surface area contributed by atoms with E-state index in [1.54, 1.807) is 6.08 Å². The Balaban J connectivity index is 0. The molecule has 0 fully saturated rings. The van der Waals surface area contributed by atoms with Gasteiger partial charge in [0, 0.05) is 6.54 Å². The summed E-state index contributed by atoms with van der Waals surface area (Å²) in [6.07, 6.45) is -4.04. The van der Waals surface area contributed by atoms with Crippen molar-refractivity contribution < 1.29 is 65.7 Å². The molecule has 0 aromatic carbocycles. The lowest BCUT2D eigenvalue weighted by atomic mass is 9.99. The van der Waals surface area contributed by atoms with Gasteiger partial charge in [-0.05, 0) is 0 Å². The quantitative estimate of drug-likeness (QED) is 0.362. The van der Waals surface area contributed by atoms with E-state index in [1.807, 2.05) is 0 Å². The molecule has 0 aliphatic carbocycles. The van der Waals surface area contributed by atoms with E-state index >= 15 is 0 Å². The molecule has 0 amide bonds. The summed E-state index contributed by atoms with van der Waals surface area (Å²) in [5.74, 6) is -30.9. The van der Waals surface area contributed by atoms with Crippen LogP contribution in [0, 0.1) is 0 Å². The third-order valence-electron chi connectivity index (χ3n) is 2.34. The second-order valence-electron chi connectivity index (χ2n) is 4.16. The van der Waals surface area contributed by atoms with Gasteiger partial charge in [-0.25, -0.2) is 8.78 Å². The summed E-state index contributed by atoms with van der Waals surface area (Å²) >= 11 is 0. The zero-order valence-electron chi connectivity index (χ0n) is 11.9. The lowest BCUT2D eigenvalue weighted by molar-refractivity contribution is -0.402. The zero-order chi connectivity index (χ0) is 22.0. The number of hydrogen-bond acceptors (Lipinski definition) is 3. The molecule has 0 aromatic heterocycles. The first-order valence-electron chi connectivity index (χ1n) is 5.56. The maximum absolute atomic E-state index is 12.7. The lowest BCUT2D eigenvalue weighted by Crippen LogP contribution is -2.69. The number of halogens is 12. The Hall–Kier alpha value is -1.23. The molecule has 0 saturated heterocycles. The first-order valence-corrected chi connectivity index (χ1v) is 7.00. The average Bonchev–Trinajstić information content (AvgIpc) is 2.45. The van der Waals surface area contributed by atoms with Crippen LogP contribution in [0.4, 0.5) is 52.7 Å². The minimum absolute atomic E-state index is 0.583. The van der Waals surface area contributed by atoms with Crippen molar-refractivity contribution in [3.8, 4) is 0 Å². The van der Waals surface area contributed by atoms with Gasteiger partial charge in [-0.2, -0.15) is 52.3 Å². The molecule has 0 aliphatic heterocycles. The molecule has 0 bridgehead atoms. The van der Waals surface area contributed by atoms with Crippen molar-refractivity contribution in [3.63, 3.8) is 0 Å². The maximum atomic E-state index is 12.7. The molecule has 0 aromatic rings. The molecular weight excluding hydrogens is 430 g/mol. The van der Waals surface area contributed by atoms with Crippen LogP contribution in [0.25, 0.3) is 0 Å². The Morgan fingerprint density at radius 2 is 1.19 bits per heavy atom. The van der Waals surface area contributed by atoms with E-state index in [0.29, 0.717) is 6.54 Å². The largest absolute Gasteiger partial charge is 0.438 e. The number of nitrogens with two attached hydrogens (primary N) is 1. The van der Waals surface area contributed by atoms with E-state index in [2.05, 4.69) is 6.58 Å². The van der Waals surface area contributed by atoms with Crippen molar-refractivity contribution in [1.29, 1.82) is 0 Å². The molecule has 4 nitrogen and oxygen atoms in total. The summed E-state index contributed by atoms with van der Waals surface area (Å²) in [5.41, 5.74) is 4.91. The predicted octanol–water partition coefficient (Wildman–Crippen LogP) is 3.40. The summed E-state index contributed by atoms with van der Waals surface area (Å²) in [6, 6.07) is 0. The van der Waals surface area contributed by atoms with Gasteiger partial charge in [0.25, 0.3) is 0 Å². The molecule has 0 spiro atoms. The standard InChI is InChI=1S/C6H2F12O3S.C3H7N/c7-1(8)2(9,10)3(11,12)4(13,14)5(15,16)6(17,18)22(19,20)21;1-2-3-4/h1H,(H,19,20,21);2H,1,3-4H2.